The molecule has 2 aromatic rings. The summed E-state index contributed by atoms with van der Waals surface area (Å²) in [5.74, 6) is 0.148. The lowest BCUT2D eigenvalue weighted by Gasteiger charge is -2.09. The average molecular weight is 271 g/mol. The molecule has 20 heavy (non-hydrogen) atoms. The lowest BCUT2D eigenvalue weighted by molar-refractivity contribution is -0.119. The zero-order chi connectivity index (χ0) is 14.4. The number of hydrogen-bond acceptors (Lipinski definition) is 4. The first-order valence-electron chi connectivity index (χ1n) is 6.30. The number of nitrogens with two attached hydrogens (primary N) is 1. The third kappa shape index (κ3) is 4.28. The first kappa shape index (κ1) is 13.9. The van der Waals surface area contributed by atoms with E-state index in [4.69, 9.17) is 10.5 Å². The molecule has 0 aliphatic heterocycles. The van der Waals surface area contributed by atoms with Crippen molar-refractivity contribution in [3.63, 3.8) is 0 Å². The van der Waals surface area contributed by atoms with Crippen LogP contribution in [0, 0.1) is 6.92 Å². The van der Waals surface area contributed by atoms with Crippen LogP contribution in [0.5, 0.6) is 5.75 Å². The first-order chi connectivity index (χ1) is 9.63. The highest BCUT2D eigenvalue weighted by molar-refractivity contribution is 5.75. The zero-order valence-electron chi connectivity index (χ0n) is 11.3. The topological polar surface area (TPSA) is 77.2 Å². The van der Waals surface area contributed by atoms with Crippen LogP contribution in [-0.4, -0.2) is 17.5 Å². The van der Waals surface area contributed by atoms with Crippen molar-refractivity contribution in [3.05, 3.63) is 53.9 Å². The van der Waals surface area contributed by atoms with E-state index in [0.717, 1.165) is 16.9 Å². The Morgan fingerprint density at radius 2 is 2.20 bits per heavy atom. The maximum atomic E-state index is 10.7. The summed E-state index contributed by atoms with van der Waals surface area (Å²) in [6.07, 6.45) is 1.77. The lowest BCUT2D eigenvalue weighted by atomic mass is 10.2. The fourth-order valence-electron chi connectivity index (χ4n) is 1.76. The van der Waals surface area contributed by atoms with E-state index in [1.165, 1.54) is 0 Å². The molecule has 0 saturated carbocycles. The number of hydrogen-bond donors (Lipinski definition) is 2. The van der Waals surface area contributed by atoms with Crippen LogP contribution in [0.2, 0.25) is 0 Å². The molecule has 0 atom stereocenters. The quantitative estimate of drug-likeness (QED) is 0.840. The second-order valence-electron chi connectivity index (χ2n) is 4.44. The van der Waals surface area contributed by atoms with Crippen LogP contribution in [0.4, 0.5) is 5.69 Å². The molecule has 1 amide bonds. The maximum absolute atomic E-state index is 10.7. The molecule has 104 valence electrons. The van der Waals surface area contributed by atoms with Gasteiger partial charge in [-0.2, -0.15) is 0 Å². The van der Waals surface area contributed by atoms with E-state index in [-0.39, 0.29) is 6.61 Å². The Kier molecular flexibility index (Phi) is 4.55. The van der Waals surface area contributed by atoms with Crippen molar-refractivity contribution in [2.45, 2.75) is 13.5 Å². The molecule has 0 fully saturated rings. The Bertz CT molecular complexity index is 599. The molecule has 5 heteroatoms. The molecule has 0 aliphatic rings. The van der Waals surface area contributed by atoms with Crippen molar-refractivity contribution >= 4 is 11.6 Å². The van der Waals surface area contributed by atoms with Crippen LogP contribution in [0.15, 0.2) is 42.6 Å². The number of nitrogens with zero attached hydrogens (tertiary/aromatic N) is 1. The second-order valence-corrected chi connectivity index (χ2v) is 4.44. The van der Waals surface area contributed by atoms with E-state index in [1.54, 1.807) is 12.3 Å². The Labute approximate surface area is 117 Å². The number of aryl methyl sites for hydroxylation is 1. The molecule has 1 heterocycles. The SMILES string of the molecule is Cc1cc(NCc2cccc(OCC(N)=O)c2)ccn1. The van der Waals surface area contributed by atoms with Crippen molar-refractivity contribution in [2.75, 3.05) is 11.9 Å². The van der Waals surface area contributed by atoms with Gasteiger partial charge in [-0.1, -0.05) is 12.1 Å². The maximum Gasteiger partial charge on any atom is 0.255 e. The number of carbonyl (C=O) groups excluding carboxylic acids is 1. The van der Waals surface area contributed by atoms with Gasteiger partial charge in [0, 0.05) is 24.1 Å². The molecule has 0 aliphatic carbocycles. The molecule has 0 spiro atoms. The molecule has 3 N–H and O–H groups in total. The number of carbonyl (C=O) groups is 1. The molecule has 0 radical (unpaired) electrons. The van der Waals surface area contributed by atoms with Gasteiger partial charge in [0.15, 0.2) is 6.61 Å². The van der Waals surface area contributed by atoms with Crippen molar-refractivity contribution in [1.29, 1.82) is 0 Å². The van der Waals surface area contributed by atoms with Gasteiger partial charge in [0.05, 0.1) is 0 Å². The van der Waals surface area contributed by atoms with Gasteiger partial charge in [0.2, 0.25) is 0 Å². The normalized spacial score (nSPS) is 10.1. The average Bonchev–Trinajstić information content (AvgIpc) is 2.43. The molecule has 0 saturated heterocycles. The van der Waals surface area contributed by atoms with Gasteiger partial charge in [-0.3, -0.25) is 9.78 Å². The van der Waals surface area contributed by atoms with E-state index in [9.17, 15) is 4.79 Å². The van der Waals surface area contributed by atoms with Crippen molar-refractivity contribution < 1.29 is 9.53 Å². The number of rotatable bonds is 6. The van der Waals surface area contributed by atoms with Gasteiger partial charge in [0.25, 0.3) is 5.91 Å². The summed E-state index contributed by atoms with van der Waals surface area (Å²) >= 11 is 0. The smallest absolute Gasteiger partial charge is 0.255 e. The third-order valence-corrected chi connectivity index (χ3v) is 2.67. The minimum absolute atomic E-state index is 0.111. The molecular formula is C15H17N3O2. The Balaban J connectivity index is 1.95. The minimum atomic E-state index is -0.485. The standard InChI is InChI=1S/C15H17N3O2/c1-11-7-13(5-6-17-11)18-9-12-3-2-4-14(8-12)20-10-15(16)19/h2-8H,9-10H2,1H3,(H2,16,19)(H,17,18). The summed E-state index contributed by atoms with van der Waals surface area (Å²) in [6, 6.07) is 11.4. The second kappa shape index (κ2) is 6.56. The van der Waals surface area contributed by atoms with Crippen LogP contribution in [0.25, 0.3) is 0 Å². The highest BCUT2D eigenvalue weighted by Gasteiger charge is 2.00. The number of anilines is 1. The number of benzene rings is 1. The molecule has 0 bridgehead atoms. The highest BCUT2D eigenvalue weighted by Crippen LogP contribution is 2.15. The third-order valence-electron chi connectivity index (χ3n) is 2.67. The van der Waals surface area contributed by atoms with Gasteiger partial charge in [0.1, 0.15) is 5.75 Å². The summed E-state index contributed by atoms with van der Waals surface area (Å²) in [5, 5.41) is 3.31. The minimum Gasteiger partial charge on any atom is -0.484 e. The van der Waals surface area contributed by atoms with Gasteiger partial charge in [-0.15, -0.1) is 0 Å². The Morgan fingerprint density at radius 3 is 2.95 bits per heavy atom. The number of aromatic nitrogens is 1. The largest absolute Gasteiger partial charge is 0.484 e. The molecule has 0 unspecified atom stereocenters. The summed E-state index contributed by atoms with van der Waals surface area (Å²) in [7, 11) is 0. The summed E-state index contributed by atoms with van der Waals surface area (Å²) in [4.78, 5) is 14.8. The van der Waals surface area contributed by atoms with Gasteiger partial charge in [-0.25, -0.2) is 0 Å². The van der Waals surface area contributed by atoms with Crippen LogP contribution >= 0.6 is 0 Å². The van der Waals surface area contributed by atoms with E-state index in [2.05, 4.69) is 10.3 Å². The number of primary amides is 1. The van der Waals surface area contributed by atoms with E-state index in [1.807, 2.05) is 37.3 Å². The molecule has 2 rings (SSSR count). The number of amides is 1. The Morgan fingerprint density at radius 1 is 1.35 bits per heavy atom. The van der Waals surface area contributed by atoms with Crippen molar-refractivity contribution in [3.8, 4) is 5.75 Å². The Hall–Kier alpha value is -2.56. The zero-order valence-corrected chi connectivity index (χ0v) is 11.3. The first-order valence-corrected chi connectivity index (χ1v) is 6.30. The number of ether oxygens (including phenoxy) is 1. The van der Waals surface area contributed by atoms with Crippen LogP contribution in [-0.2, 0) is 11.3 Å². The summed E-state index contributed by atoms with van der Waals surface area (Å²) in [5.41, 5.74) is 8.08. The summed E-state index contributed by atoms with van der Waals surface area (Å²) < 4.78 is 5.27. The van der Waals surface area contributed by atoms with E-state index < -0.39 is 5.91 Å². The van der Waals surface area contributed by atoms with Gasteiger partial charge < -0.3 is 15.8 Å². The van der Waals surface area contributed by atoms with Crippen LogP contribution in [0.1, 0.15) is 11.3 Å². The molecule has 5 nitrogen and oxygen atoms in total. The number of pyridine rings is 1. The van der Waals surface area contributed by atoms with Gasteiger partial charge in [-0.05, 0) is 36.8 Å². The number of nitrogens with one attached hydrogen (secondary N) is 1. The predicted octanol–water partition coefficient (Wildman–Crippen LogP) is 1.87. The summed E-state index contributed by atoms with van der Waals surface area (Å²) in [6.45, 7) is 2.50. The highest BCUT2D eigenvalue weighted by atomic mass is 16.5. The molecular weight excluding hydrogens is 254 g/mol. The van der Waals surface area contributed by atoms with Crippen molar-refractivity contribution in [1.82, 2.24) is 4.98 Å². The predicted molar refractivity (Wildman–Crippen MR) is 77.4 cm³/mol. The fourth-order valence-corrected chi connectivity index (χ4v) is 1.76. The van der Waals surface area contributed by atoms with Crippen LogP contribution < -0.4 is 15.8 Å². The van der Waals surface area contributed by atoms with E-state index >= 15 is 0 Å². The van der Waals surface area contributed by atoms with Crippen LogP contribution in [0.3, 0.4) is 0 Å². The van der Waals surface area contributed by atoms with E-state index in [0.29, 0.717) is 12.3 Å². The fraction of sp³-hybridized carbons (Fsp3) is 0.200. The van der Waals surface area contributed by atoms with Crippen molar-refractivity contribution in [2.24, 2.45) is 5.73 Å². The van der Waals surface area contributed by atoms with Gasteiger partial charge >= 0.3 is 0 Å². The monoisotopic (exact) mass is 271 g/mol. The lowest BCUT2D eigenvalue weighted by Crippen LogP contribution is -2.20. The molecule has 1 aromatic carbocycles. The molecule has 1 aromatic heterocycles.